The fourth-order valence-electron chi connectivity index (χ4n) is 3.17. The van der Waals surface area contributed by atoms with Gasteiger partial charge in [0.1, 0.15) is 17.4 Å². The lowest BCUT2D eigenvalue weighted by atomic mass is 10.1. The number of nitrogens with two attached hydrogens (primary N) is 1. The van der Waals surface area contributed by atoms with E-state index in [9.17, 15) is 18.8 Å². The maximum absolute atomic E-state index is 13.0. The van der Waals surface area contributed by atoms with Crippen LogP contribution in [0, 0.1) is 5.82 Å². The Balaban J connectivity index is 1.53. The second kappa shape index (κ2) is 7.04. The average Bonchev–Trinajstić information content (AvgIpc) is 3.30. The molecule has 144 valence electrons. The second-order valence-electron chi connectivity index (χ2n) is 6.31. The highest BCUT2D eigenvalue weighted by atomic mass is 32.1. The number of nitrogens with one attached hydrogen (secondary N) is 1. The van der Waals surface area contributed by atoms with Crippen LogP contribution in [-0.4, -0.2) is 21.6 Å². The number of rotatable bonds is 5. The molecule has 2 amide bonds. The van der Waals surface area contributed by atoms with E-state index in [2.05, 4.69) is 10.4 Å². The first-order valence-electron chi connectivity index (χ1n) is 8.50. The Kier molecular flexibility index (Phi) is 4.55. The van der Waals surface area contributed by atoms with Crippen molar-refractivity contribution in [3.63, 3.8) is 0 Å². The molecular formula is C18H15FN4O4S. The topological polar surface area (TPSA) is 120 Å². The van der Waals surface area contributed by atoms with Crippen LogP contribution in [0.5, 0.6) is 0 Å². The fourth-order valence-corrected chi connectivity index (χ4v) is 4.48. The quantitative estimate of drug-likeness (QED) is 0.676. The maximum atomic E-state index is 13.0. The van der Waals surface area contributed by atoms with Gasteiger partial charge in [-0.3, -0.25) is 9.59 Å². The molecule has 8 nitrogen and oxygen atoms in total. The Hall–Kier alpha value is -3.27. The number of aromatic nitrogens is 2. The number of nitrogens with zero attached hydrogens (tertiary/aromatic N) is 2. The molecule has 3 N–H and O–H groups in total. The lowest BCUT2D eigenvalue weighted by Gasteiger charge is -2.05. The minimum atomic E-state index is -0.821. The first-order chi connectivity index (χ1) is 13.4. The third kappa shape index (κ3) is 3.33. The molecule has 2 aromatic heterocycles. The van der Waals surface area contributed by atoms with Gasteiger partial charge in [0.25, 0.3) is 5.91 Å². The first kappa shape index (κ1) is 18.1. The van der Waals surface area contributed by atoms with Crippen molar-refractivity contribution in [2.45, 2.75) is 25.8 Å². The van der Waals surface area contributed by atoms with Crippen LogP contribution >= 0.6 is 11.3 Å². The van der Waals surface area contributed by atoms with Crippen molar-refractivity contribution in [2.24, 2.45) is 5.73 Å². The molecule has 0 unspecified atom stereocenters. The summed E-state index contributed by atoms with van der Waals surface area (Å²) in [6, 6.07) is 5.25. The fraction of sp³-hybridized carbons (Fsp3) is 0.222. The number of halogens is 1. The van der Waals surface area contributed by atoms with E-state index in [0.717, 1.165) is 34.4 Å². The Morgan fingerprint density at radius 3 is 2.75 bits per heavy atom. The maximum Gasteiger partial charge on any atom is 0.437 e. The first-order valence-corrected chi connectivity index (χ1v) is 9.32. The molecular weight excluding hydrogens is 387 g/mol. The van der Waals surface area contributed by atoms with Gasteiger partial charge in [-0.05, 0) is 49.1 Å². The molecule has 10 heteroatoms. The zero-order chi connectivity index (χ0) is 19.8. The summed E-state index contributed by atoms with van der Waals surface area (Å²) >= 11 is 1.32. The van der Waals surface area contributed by atoms with E-state index < -0.39 is 29.9 Å². The van der Waals surface area contributed by atoms with E-state index in [1.807, 2.05) is 0 Å². The highest BCUT2D eigenvalue weighted by Gasteiger charge is 2.26. The van der Waals surface area contributed by atoms with Gasteiger partial charge >= 0.3 is 5.76 Å². The van der Waals surface area contributed by atoms with Gasteiger partial charge in [-0.15, -0.1) is 16.4 Å². The summed E-state index contributed by atoms with van der Waals surface area (Å²) in [4.78, 5) is 37.2. The second-order valence-corrected chi connectivity index (χ2v) is 7.42. The minimum Gasteiger partial charge on any atom is -0.388 e. The van der Waals surface area contributed by atoms with Crippen molar-refractivity contribution < 1.29 is 18.4 Å². The van der Waals surface area contributed by atoms with Crippen LogP contribution in [0.3, 0.4) is 0 Å². The number of thiophene rings is 1. The number of aryl methyl sites for hydroxylation is 1. The third-order valence-electron chi connectivity index (χ3n) is 4.41. The summed E-state index contributed by atoms with van der Waals surface area (Å²) in [5.41, 5.74) is 7.11. The molecule has 0 aliphatic heterocycles. The molecule has 0 saturated carbocycles. The lowest BCUT2D eigenvalue weighted by Crippen LogP contribution is -2.26. The van der Waals surface area contributed by atoms with Crippen molar-refractivity contribution in [2.75, 3.05) is 5.32 Å². The smallest absolute Gasteiger partial charge is 0.388 e. The summed E-state index contributed by atoms with van der Waals surface area (Å²) in [7, 11) is 0. The van der Waals surface area contributed by atoms with Crippen molar-refractivity contribution in [1.82, 2.24) is 9.78 Å². The number of amides is 2. The van der Waals surface area contributed by atoms with E-state index in [4.69, 9.17) is 10.2 Å². The summed E-state index contributed by atoms with van der Waals surface area (Å²) in [5, 5.41) is 6.99. The van der Waals surface area contributed by atoms with Gasteiger partial charge in [0.15, 0.2) is 0 Å². The lowest BCUT2D eigenvalue weighted by molar-refractivity contribution is -0.117. The number of carbonyl (C=O) groups is 2. The number of hydrogen-bond donors (Lipinski definition) is 2. The van der Waals surface area contributed by atoms with Crippen molar-refractivity contribution in [3.05, 3.63) is 56.6 Å². The number of carbonyl (C=O) groups excluding carboxylic acids is 2. The number of anilines is 1. The predicted molar refractivity (Wildman–Crippen MR) is 99.6 cm³/mol. The summed E-state index contributed by atoms with van der Waals surface area (Å²) < 4.78 is 18.9. The molecule has 28 heavy (non-hydrogen) atoms. The molecule has 0 saturated heterocycles. The van der Waals surface area contributed by atoms with Gasteiger partial charge in [-0.2, -0.15) is 4.68 Å². The third-order valence-corrected chi connectivity index (χ3v) is 5.62. The molecule has 4 rings (SSSR count). The Morgan fingerprint density at radius 2 is 2.04 bits per heavy atom. The van der Waals surface area contributed by atoms with E-state index in [1.54, 1.807) is 0 Å². The Bertz CT molecular complexity index is 1130. The van der Waals surface area contributed by atoms with Crippen molar-refractivity contribution >= 4 is 28.2 Å². The molecule has 0 radical (unpaired) electrons. The average molecular weight is 402 g/mol. The van der Waals surface area contributed by atoms with Gasteiger partial charge in [0.2, 0.25) is 11.8 Å². The van der Waals surface area contributed by atoms with Gasteiger partial charge in [-0.25, -0.2) is 9.18 Å². The van der Waals surface area contributed by atoms with Crippen LogP contribution in [0.2, 0.25) is 0 Å². The number of fused-ring (bicyclic) bond motifs is 1. The normalized spacial score (nSPS) is 12.8. The zero-order valence-corrected chi connectivity index (χ0v) is 15.3. The zero-order valence-electron chi connectivity index (χ0n) is 14.5. The number of benzene rings is 1. The standard InChI is InChI=1S/C18H15FN4O4S/c19-10-6-4-9(5-7-10)16-22-23(18(26)27-16)8-13(24)21-17-14(15(20)25)11-2-1-3-12(11)28-17/h4-7H,1-3,8H2,(H2,20,25)(H,21,24). The molecule has 2 heterocycles. The minimum absolute atomic E-state index is 0.0225. The van der Waals surface area contributed by atoms with Crippen molar-refractivity contribution in [3.8, 4) is 11.5 Å². The Labute approximate surface area is 161 Å². The molecule has 1 aliphatic rings. The van der Waals surface area contributed by atoms with Crippen LogP contribution < -0.4 is 16.8 Å². The van der Waals surface area contributed by atoms with Crippen LogP contribution in [0.15, 0.2) is 33.5 Å². The number of primary amides is 1. The molecule has 0 atom stereocenters. The highest BCUT2D eigenvalue weighted by Crippen LogP contribution is 2.38. The monoisotopic (exact) mass is 402 g/mol. The number of hydrogen-bond acceptors (Lipinski definition) is 6. The predicted octanol–water partition coefficient (Wildman–Crippen LogP) is 1.93. The molecule has 1 aromatic carbocycles. The molecule has 0 spiro atoms. The Morgan fingerprint density at radius 1 is 1.29 bits per heavy atom. The van der Waals surface area contributed by atoms with Crippen LogP contribution in [0.4, 0.5) is 9.39 Å². The molecule has 0 bridgehead atoms. The SMILES string of the molecule is NC(=O)c1c(NC(=O)Cn2nc(-c3ccc(F)cc3)oc2=O)sc2c1CCC2. The van der Waals surface area contributed by atoms with Gasteiger partial charge in [0.05, 0.1) is 5.56 Å². The van der Waals surface area contributed by atoms with Gasteiger partial charge in [0, 0.05) is 10.4 Å². The molecule has 3 aromatic rings. The molecule has 0 fully saturated rings. The van der Waals surface area contributed by atoms with Crippen molar-refractivity contribution in [1.29, 1.82) is 0 Å². The van der Waals surface area contributed by atoms with E-state index in [-0.39, 0.29) is 5.89 Å². The van der Waals surface area contributed by atoms with Gasteiger partial charge < -0.3 is 15.5 Å². The molecule has 1 aliphatic carbocycles. The van der Waals surface area contributed by atoms with Crippen LogP contribution in [0.25, 0.3) is 11.5 Å². The van der Waals surface area contributed by atoms with E-state index in [0.29, 0.717) is 16.1 Å². The van der Waals surface area contributed by atoms with Gasteiger partial charge in [-0.1, -0.05) is 0 Å². The highest BCUT2D eigenvalue weighted by molar-refractivity contribution is 7.17. The largest absolute Gasteiger partial charge is 0.437 e. The summed E-state index contributed by atoms with van der Waals surface area (Å²) in [6.45, 7) is -0.399. The summed E-state index contributed by atoms with van der Waals surface area (Å²) in [5.74, 6) is -2.41. The van der Waals surface area contributed by atoms with E-state index >= 15 is 0 Å². The van der Waals surface area contributed by atoms with Crippen LogP contribution in [-0.2, 0) is 24.2 Å². The summed E-state index contributed by atoms with van der Waals surface area (Å²) in [6.07, 6.45) is 2.56. The van der Waals surface area contributed by atoms with E-state index in [1.165, 1.54) is 35.6 Å². The van der Waals surface area contributed by atoms with Crippen LogP contribution in [0.1, 0.15) is 27.2 Å².